The highest BCUT2D eigenvalue weighted by Gasteiger charge is 2.38. The van der Waals surface area contributed by atoms with Crippen LogP contribution in [0.5, 0.6) is 0 Å². The van der Waals surface area contributed by atoms with E-state index in [-0.39, 0.29) is 5.69 Å². The quantitative estimate of drug-likeness (QED) is 0.411. The number of anilines is 1. The fourth-order valence-corrected chi connectivity index (χ4v) is 4.81. The highest BCUT2D eigenvalue weighted by Crippen LogP contribution is 2.39. The summed E-state index contributed by atoms with van der Waals surface area (Å²) in [5, 5.41) is 10.9. The summed E-state index contributed by atoms with van der Waals surface area (Å²) in [5.74, 6) is 0.155. The van der Waals surface area contributed by atoms with Crippen LogP contribution in [0.25, 0.3) is 11.4 Å². The first kappa shape index (κ1) is 22.0. The molecule has 172 valence electrons. The van der Waals surface area contributed by atoms with E-state index in [1.807, 2.05) is 60.7 Å². The zero-order chi connectivity index (χ0) is 23.7. The Morgan fingerprint density at radius 3 is 2.35 bits per heavy atom. The number of thioether (sulfide) groups is 1. The maximum atomic E-state index is 13.3. The molecular formula is C24H18F3N5OS. The topological polar surface area (TPSA) is 71.8 Å². The second-order valence-corrected chi connectivity index (χ2v) is 8.74. The van der Waals surface area contributed by atoms with Gasteiger partial charge in [-0.15, -0.1) is 10.2 Å². The zero-order valence-corrected chi connectivity index (χ0v) is 18.3. The molecule has 1 aliphatic heterocycles. The van der Waals surface area contributed by atoms with Gasteiger partial charge in [0.15, 0.2) is 5.82 Å². The van der Waals surface area contributed by atoms with Crippen molar-refractivity contribution in [3.63, 3.8) is 0 Å². The summed E-state index contributed by atoms with van der Waals surface area (Å²) in [5.41, 5.74) is 4.29. The highest BCUT2D eigenvalue weighted by molar-refractivity contribution is 8.00. The molecular weight excluding hydrogens is 463 g/mol. The minimum Gasteiger partial charge on any atom is -0.325 e. The minimum absolute atomic E-state index is 0.0734. The maximum Gasteiger partial charge on any atom is 0.416 e. The van der Waals surface area contributed by atoms with Gasteiger partial charge >= 0.3 is 6.18 Å². The average molecular weight is 482 g/mol. The van der Waals surface area contributed by atoms with Gasteiger partial charge in [-0.2, -0.15) is 13.2 Å². The molecule has 0 aliphatic carbocycles. The first-order valence-corrected chi connectivity index (χ1v) is 11.3. The second-order valence-electron chi connectivity index (χ2n) is 7.63. The Balaban J connectivity index is 1.48. The van der Waals surface area contributed by atoms with Crippen LogP contribution in [0.1, 0.15) is 17.2 Å². The summed E-state index contributed by atoms with van der Waals surface area (Å²) in [6.45, 7) is 0. The van der Waals surface area contributed by atoms with E-state index >= 15 is 0 Å². The molecule has 1 aromatic heterocycles. The Labute approximate surface area is 197 Å². The Hall–Kier alpha value is -3.79. The third-order valence-electron chi connectivity index (χ3n) is 5.34. The molecule has 3 aromatic carbocycles. The molecule has 0 saturated heterocycles. The Bertz CT molecular complexity index is 1310. The molecule has 4 aromatic rings. The van der Waals surface area contributed by atoms with E-state index < -0.39 is 28.9 Å². The van der Waals surface area contributed by atoms with Gasteiger partial charge in [-0.25, -0.2) is 4.68 Å². The SMILES string of the molecule is O=C(Nc1cccc(C(F)(F)F)c1)[C@@H]1Sc2nnc(-c3ccccc3)n2N[C@@H]1c1ccccc1. The fourth-order valence-electron chi connectivity index (χ4n) is 3.73. The van der Waals surface area contributed by atoms with Crippen LogP contribution in [0.2, 0.25) is 0 Å². The first-order valence-electron chi connectivity index (χ1n) is 10.4. The largest absolute Gasteiger partial charge is 0.416 e. The normalized spacial score (nSPS) is 17.5. The number of nitrogens with one attached hydrogen (secondary N) is 2. The molecule has 1 amide bonds. The molecule has 6 nitrogen and oxygen atoms in total. The number of amides is 1. The summed E-state index contributed by atoms with van der Waals surface area (Å²) in [6, 6.07) is 23.0. The van der Waals surface area contributed by atoms with Crippen molar-refractivity contribution in [3.05, 3.63) is 96.1 Å². The van der Waals surface area contributed by atoms with Gasteiger partial charge in [-0.3, -0.25) is 4.79 Å². The van der Waals surface area contributed by atoms with Crippen LogP contribution in [-0.2, 0) is 11.0 Å². The van der Waals surface area contributed by atoms with Gasteiger partial charge in [-0.05, 0) is 23.8 Å². The molecule has 0 radical (unpaired) electrons. The predicted octanol–water partition coefficient (Wildman–Crippen LogP) is 5.36. The fraction of sp³-hybridized carbons (Fsp3) is 0.125. The van der Waals surface area contributed by atoms with Crippen molar-refractivity contribution in [2.24, 2.45) is 0 Å². The van der Waals surface area contributed by atoms with Gasteiger partial charge in [0.05, 0.1) is 11.6 Å². The molecule has 0 spiro atoms. The van der Waals surface area contributed by atoms with Gasteiger partial charge in [0.1, 0.15) is 5.25 Å². The second kappa shape index (κ2) is 8.86. The van der Waals surface area contributed by atoms with Crippen molar-refractivity contribution >= 4 is 23.4 Å². The van der Waals surface area contributed by atoms with Gasteiger partial charge < -0.3 is 10.7 Å². The molecule has 2 heterocycles. The van der Waals surface area contributed by atoms with Crippen LogP contribution in [0.4, 0.5) is 18.9 Å². The van der Waals surface area contributed by atoms with Crippen molar-refractivity contribution < 1.29 is 18.0 Å². The number of halogens is 3. The number of alkyl halides is 3. The third-order valence-corrected chi connectivity index (χ3v) is 6.56. The lowest BCUT2D eigenvalue weighted by Crippen LogP contribution is -2.41. The summed E-state index contributed by atoms with van der Waals surface area (Å²) >= 11 is 1.21. The van der Waals surface area contributed by atoms with Crippen molar-refractivity contribution in [1.29, 1.82) is 0 Å². The molecule has 0 saturated carbocycles. The smallest absolute Gasteiger partial charge is 0.325 e. The lowest BCUT2D eigenvalue weighted by molar-refractivity contribution is -0.137. The van der Waals surface area contributed by atoms with E-state index in [1.165, 1.54) is 23.9 Å². The third kappa shape index (κ3) is 4.36. The van der Waals surface area contributed by atoms with Crippen molar-refractivity contribution in [2.45, 2.75) is 22.6 Å². The van der Waals surface area contributed by atoms with Gasteiger partial charge in [-0.1, -0.05) is 78.5 Å². The van der Waals surface area contributed by atoms with Crippen LogP contribution in [0.15, 0.2) is 90.1 Å². The number of carbonyl (C=O) groups excluding carboxylic acids is 1. The molecule has 2 atom stereocenters. The van der Waals surface area contributed by atoms with Gasteiger partial charge in [0, 0.05) is 11.3 Å². The molecule has 34 heavy (non-hydrogen) atoms. The van der Waals surface area contributed by atoms with Crippen molar-refractivity contribution in [1.82, 2.24) is 14.9 Å². The Morgan fingerprint density at radius 2 is 1.65 bits per heavy atom. The van der Waals surface area contributed by atoms with E-state index in [1.54, 1.807) is 4.68 Å². The van der Waals surface area contributed by atoms with E-state index in [2.05, 4.69) is 20.9 Å². The van der Waals surface area contributed by atoms with E-state index in [0.29, 0.717) is 11.0 Å². The Morgan fingerprint density at radius 1 is 0.941 bits per heavy atom. The van der Waals surface area contributed by atoms with Crippen LogP contribution >= 0.6 is 11.8 Å². The van der Waals surface area contributed by atoms with Crippen LogP contribution < -0.4 is 10.7 Å². The number of fused-ring (bicyclic) bond motifs is 1. The van der Waals surface area contributed by atoms with Crippen molar-refractivity contribution in [3.8, 4) is 11.4 Å². The molecule has 10 heteroatoms. The highest BCUT2D eigenvalue weighted by atomic mass is 32.2. The first-order chi connectivity index (χ1) is 16.4. The lowest BCUT2D eigenvalue weighted by Gasteiger charge is -2.33. The standard InChI is InChI=1S/C24H18F3N5OS/c25-24(26,27)17-12-7-13-18(14-17)28-22(33)20-19(15-8-3-1-4-9-15)31-32-21(29-30-23(32)34-20)16-10-5-2-6-11-16/h1-14,19-20,31H,(H,28,33)/t19-,20-/m1/s1. The molecule has 1 aliphatic rings. The van der Waals surface area contributed by atoms with Crippen LogP contribution in [0.3, 0.4) is 0 Å². The molecule has 5 rings (SSSR count). The summed E-state index contributed by atoms with van der Waals surface area (Å²) < 4.78 is 41.1. The number of rotatable bonds is 4. The van der Waals surface area contributed by atoms with Crippen LogP contribution in [0, 0.1) is 0 Å². The summed E-state index contributed by atoms with van der Waals surface area (Å²) in [7, 11) is 0. The number of carbonyl (C=O) groups is 1. The molecule has 0 bridgehead atoms. The summed E-state index contributed by atoms with van der Waals surface area (Å²) in [6.07, 6.45) is -4.50. The van der Waals surface area contributed by atoms with Crippen molar-refractivity contribution in [2.75, 3.05) is 10.7 Å². The minimum atomic E-state index is -4.50. The van der Waals surface area contributed by atoms with Gasteiger partial charge in [0.2, 0.25) is 11.1 Å². The van der Waals surface area contributed by atoms with Gasteiger partial charge in [0.25, 0.3) is 0 Å². The van der Waals surface area contributed by atoms with Crippen LogP contribution in [-0.4, -0.2) is 26.0 Å². The maximum absolute atomic E-state index is 13.3. The monoisotopic (exact) mass is 481 g/mol. The summed E-state index contributed by atoms with van der Waals surface area (Å²) in [4.78, 5) is 13.3. The van der Waals surface area contributed by atoms with E-state index in [4.69, 9.17) is 0 Å². The number of aromatic nitrogens is 3. The number of benzene rings is 3. The number of nitrogens with zero attached hydrogens (tertiary/aromatic N) is 3. The van der Waals surface area contributed by atoms with E-state index in [9.17, 15) is 18.0 Å². The molecule has 0 unspecified atom stereocenters. The van der Waals surface area contributed by atoms with E-state index in [0.717, 1.165) is 23.3 Å². The molecule has 2 N–H and O–H groups in total. The zero-order valence-electron chi connectivity index (χ0n) is 17.5. The number of hydrogen-bond acceptors (Lipinski definition) is 5. The average Bonchev–Trinajstić information content (AvgIpc) is 3.27. The number of hydrogen-bond donors (Lipinski definition) is 2. The predicted molar refractivity (Wildman–Crippen MR) is 124 cm³/mol. The lowest BCUT2D eigenvalue weighted by atomic mass is 10.0. The Kier molecular flexibility index (Phi) is 5.74. The molecule has 0 fully saturated rings.